The Kier molecular flexibility index (Phi) is 6.52. The van der Waals surface area contributed by atoms with Crippen molar-refractivity contribution in [2.75, 3.05) is 11.9 Å². The van der Waals surface area contributed by atoms with Gasteiger partial charge in [0.1, 0.15) is 5.82 Å². The van der Waals surface area contributed by atoms with E-state index in [0.717, 1.165) is 30.6 Å². The number of carbonyl (C=O) groups excluding carboxylic acids is 1. The smallest absolute Gasteiger partial charge is 0.253 e. The number of carbonyl (C=O) groups is 1. The fourth-order valence-electron chi connectivity index (χ4n) is 2.72. The second kappa shape index (κ2) is 9.48. The summed E-state index contributed by atoms with van der Waals surface area (Å²) in [6.45, 7) is 1.14. The number of nitrogens with one attached hydrogen (secondary N) is 2. The largest absolute Gasteiger partial charge is 0.384 e. The molecule has 138 valence electrons. The number of halogens is 1. The molecule has 0 radical (unpaired) electrons. The van der Waals surface area contributed by atoms with Gasteiger partial charge in [0.05, 0.1) is 11.3 Å². The van der Waals surface area contributed by atoms with Crippen molar-refractivity contribution in [1.29, 1.82) is 0 Å². The maximum Gasteiger partial charge on any atom is 0.253 e. The van der Waals surface area contributed by atoms with E-state index in [1.54, 1.807) is 24.4 Å². The molecule has 0 unspecified atom stereocenters. The molecule has 0 aliphatic heterocycles. The molecule has 4 nitrogen and oxygen atoms in total. The van der Waals surface area contributed by atoms with Gasteiger partial charge in [0.15, 0.2) is 0 Å². The second-order valence-electron chi connectivity index (χ2n) is 6.29. The van der Waals surface area contributed by atoms with Crippen molar-refractivity contribution in [1.82, 2.24) is 10.3 Å². The Morgan fingerprint density at radius 3 is 2.52 bits per heavy atom. The van der Waals surface area contributed by atoms with Crippen LogP contribution < -0.4 is 10.6 Å². The fraction of sp³-hybridized carbons (Fsp3) is 0.182. The predicted molar refractivity (Wildman–Crippen MR) is 105 cm³/mol. The monoisotopic (exact) mass is 363 g/mol. The first-order valence-corrected chi connectivity index (χ1v) is 8.96. The summed E-state index contributed by atoms with van der Waals surface area (Å²) in [6.07, 6.45) is 5.23. The number of hydrogen-bond acceptors (Lipinski definition) is 3. The van der Waals surface area contributed by atoms with Gasteiger partial charge in [0, 0.05) is 25.5 Å². The lowest BCUT2D eigenvalue weighted by Gasteiger charge is -2.09. The van der Waals surface area contributed by atoms with Gasteiger partial charge >= 0.3 is 0 Å². The van der Waals surface area contributed by atoms with E-state index >= 15 is 0 Å². The molecule has 0 bridgehead atoms. The van der Waals surface area contributed by atoms with E-state index in [4.69, 9.17) is 0 Å². The molecule has 0 atom stereocenters. The predicted octanol–water partition coefficient (Wildman–Crippen LogP) is 4.20. The Morgan fingerprint density at radius 2 is 1.74 bits per heavy atom. The third-order valence-electron chi connectivity index (χ3n) is 4.18. The Hall–Kier alpha value is -3.21. The number of aromatic nitrogens is 1. The first kappa shape index (κ1) is 18.6. The van der Waals surface area contributed by atoms with Gasteiger partial charge in [-0.3, -0.25) is 9.78 Å². The van der Waals surface area contributed by atoms with Crippen LogP contribution >= 0.6 is 0 Å². The highest BCUT2D eigenvalue weighted by Gasteiger charge is 2.07. The topological polar surface area (TPSA) is 54.0 Å². The molecule has 5 heteroatoms. The minimum atomic E-state index is -0.291. The second-order valence-corrected chi connectivity index (χ2v) is 6.29. The molecule has 1 heterocycles. The molecule has 0 aliphatic rings. The lowest BCUT2D eigenvalue weighted by atomic mass is 10.1. The average Bonchev–Trinajstić information content (AvgIpc) is 2.71. The van der Waals surface area contributed by atoms with Crippen LogP contribution in [0.4, 0.5) is 10.1 Å². The van der Waals surface area contributed by atoms with Crippen molar-refractivity contribution in [3.63, 3.8) is 0 Å². The molecule has 27 heavy (non-hydrogen) atoms. The van der Waals surface area contributed by atoms with Crippen molar-refractivity contribution in [3.8, 4) is 0 Å². The third kappa shape index (κ3) is 5.92. The van der Waals surface area contributed by atoms with Crippen molar-refractivity contribution < 1.29 is 9.18 Å². The quantitative estimate of drug-likeness (QED) is 0.590. The van der Waals surface area contributed by atoms with Crippen molar-refractivity contribution in [2.24, 2.45) is 0 Å². The summed E-state index contributed by atoms with van der Waals surface area (Å²) >= 11 is 0. The van der Waals surface area contributed by atoms with E-state index in [9.17, 15) is 9.18 Å². The molecule has 0 spiro atoms. The highest BCUT2D eigenvalue weighted by molar-refractivity contribution is 5.94. The van der Waals surface area contributed by atoms with Gasteiger partial charge in [-0.2, -0.15) is 0 Å². The van der Waals surface area contributed by atoms with E-state index in [1.165, 1.54) is 23.9 Å². The molecular weight excluding hydrogens is 341 g/mol. The maximum absolute atomic E-state index is 12.9. The minimum Gasteiger partial charge on any atom is -0.384 e. The van der Waals surface area contributed by atoms with Gasteiger partial charge in [0.2, 0.25) is 0 Å². The molecular formula is C22H22FN3O. The fourth-order valence-corrected chi connectivity index (χ4v) is 2.72. The molecule has 2 N–H and O–H groups in total. The van der Waals surface area contributed by atoms with Gasteiger partial charge in [-0.1, -0.05) is 42.5 Å². The molecule has 1 amide bonds. The molecule has 0 aliphatic carbocycles. The summed E-state index contributed by atoms with van der Waals surface area (Å²) in [6, 6.07) is 18.2. The van der Waals surface area contributed by atoms with Crippen LogP contribution in [0.2, 0.25) is 0 Å². The van der Waals surface area contributed by atoms with Gasteiger partial charge in [0.25, 0.3) is 5.91 Å². The van der Waals surface area contributed by atoms with Crippen LogP contribution in [-0.4, -0.2) is 17.4 Å². The SMILES string of the molecule is O=C(NCc1ccc(F)cc1)c1cncc(NCCCc2ccccc2)c1. The van der Waals surface area contributed by atoms with E-state index in [2.05, 4.69) is 27.8 Å². The molecule has 2 aromatic carbocycles. The summed E-state index contributed by atoms with van der Waals surface area (Å²) in [5, 5.41) is 6.13. The number of pyridine rings is 1. The van der Waals surface area contributed by atoms with Crippen LogP contribution in [0, 0.1) is 5.82 Å². The van der Waals surface area contributed by atoms with E-state index in [-0.39, 0.29) is 11.7 Å². The van der Waals surface area contributed by atoms with E-state index in [0.29, 0.717) is 12.1 Å². The number of anilines is 1. The van der Waals surface area contributed by atoms with Gasteiger partial charge in [-0.15, -0.1) is 0 Å². The molecule has 3 aromatic rings. The van der Waals surface area contributed by atoms with E-state index in [1.807, 2.05) is 18.2 Å². The first-order chi connectivity index (χ1) is 13.2. The number of nitrogens with zero attached hydrogens (tertiary/aromatic N) is 1. The Bertz CT molecular complexity index is 866. The normalized spacial score (nSPS) is 10.4. The third-order valence-corrected chi connectivity index (χ3v) is 4.18. The molecule has 1 aromatic heterocycles. The summed E-state index contributed by atoms with van der Waals surface area (Å²) in [7, 11) is 0. The van der Waals surface area contributed by atoms with Gasteiger partial charge in [-0.25, -0.2) is 4.39 Å². The van der Waals surface area contributed by atoms with Crippen LogP contribution in [0.15, 0.2) is 73.1 Å². The molecule has 0 saturated heterocycles. The standard InChI is InChI=1S/C22H22FN3O/c23-20-10-8-18(9-11-20)14-26-22(27)19-13-21(16-24-15-19)25-12-4-7-17-5-2-1-3-6-17/h1-3,5-6,8-11,13,15-16,25H,4,7,12,14H2,(H,26,27). The van der Waals surface area contributed by atoms with Crippen molar-refractivity contribution in [2.45, 2.75) is 19.4 Å². The summed E-state index contributed by atoms with van der Waals surface area (Å²) < 4.78 is 12.9. The minimum absolute atomic E-state index is 0.209. The lowest BCUT2D eigenvalue weighted by Crippen LogP contribution is -2.23. The van der Waals surface area contributed by atoms with Crippen molar-refractivity contribution in [3.05, 3.63) is 95.6 Å². The Labute approximate surface area is 158 Å². The zero-order valence-corrected chi connectivity index (χ0v) is 15.0. The number of hydrogen-bond donors (Lipinski definition) is 2. The van der Waals surface area contributed by atoms with Gasteiger partial charge < -0.3 is 10.6 Å². The number of aryl methyl sites for hydroxylation is 1. The van der Waals surface area contributed by atoms with Crippen LogP contribution in [0.1, 0.15) is 27.9 Å². The highest BCUT2D eigenvalue weighted by atomic mass is 19.1. The van der Waals surface area contributed by atoms with Gasteiger partial charge in [-0.05, 0) is 42.2 Å². The highest BCUT2D eigenvalue weighted by Crippen LogP contribution is 2.10. The zero-order valence-electron chi connectivity index (χ0n) is 15.0. The summed E-state index contributed by atoms with van der Waals surface area (Å²) in [4.78, 5) is 16.4. The number of benzene rings is 2. The van der Waals surface area contributed by atoms with Crippen LogP contribution in [0.5, 0.6) is 0 Å². The zero-order chi connectivity index (χ0) is 18.9. The summed E-state index contributed by atoms with van der Waals surface area (Å²) in [5.74, 6) is -0.500. The lowest BCUT2D eigenvalue weighted by molar-refractivity contribution is 0.0950. The van der Waals surface area contributed by atoms with Crippen LogP contribution in [0.3, 0.4) is 0 Å². The Balaban J connectivity index is 1.47. The maximum atomic E-state index is 12.9. The van der Waals surface area contributed by atoms with Crippen molar-refractivity contribution >= 4 is 11.6 Å². The van der Waals surface area contributed by atoms with Crippen LogP contribution in [-0.2, 0) is 13.0 Å². The number of rotatable bonds is 8. The van der Waals surface area contributed by atoms with Crippen LogP contribution in [0.25, 0.3) is 0 Å². The van der Waals surface area contributed by atoms with E-state index < -0.39 is 0 Å². The number of amides is 1. The molecule has 3 rings (SSSR count). The molecule has 0 saturated carbocycles. The Morgan fingerprint density at radius 1 is 0.963 bits per heavy atom. The summed E-state index contributed by atoms with van der Waals surface area (Å²) in [5.41, 5.74) is 3.46. The first-order valence-electron chi connectivity index (χ1n) is 8.96. The molecule has 0 fully saturated rings. The average molecular weight is 363 g/mol.